The van der Waals surface area contributed by atoms with Crippen LogP contribution in [0.2, 0.25) is 0 Å². The third kappa shape index (κ3) is 5.14. The number of hydrogen-bond acceptors (Lipinski definition) is 3. The van der Waals surface area contributed by atoms with Gasteiger partial charge < -0.3 is 19.6 Å². The normalized spacial score (nSPS) is 14.8. The van der Waals surface area contributed by atoms with Gasteiger partial charge in [0.15, 0.2) is 0 Å². The molecule has 6 nitrogen and oxygen atoms in total. The molecule has 1 aliphatic rings. The second kappa shape index (κ2) is 10.2. The number of rotatable bonds is 8. The van der Waals surface area contributed by atoms with Crippen molar-refractivity contribution in [2.75, 3.05) is 0 Å². The summed E-state index contributed by atoms with van der Waals surface area (Å²) in [5, 5.41) is 4.10. The standard InChI is InChI=1S/C28H28FN3O3/c29-21-13-11-19(12-14-21)27(28(34)31-22-6-1-2-7-22)32(18-23-8-5-15-35-23)26(33)16-20-17-30-25-10-4-3-9-24(20)25/h3-5,8-15,17,22,27,30H,1-2,6-7,16,18H2,(H,31,34). The quantitative estimate of drug-likeness (QED) is 0.366. The molecule has 1 fully saturated rings. The monoisotopic (exact) mass is 473 g/mol. The lowest BCUT2D eigenvalue weighted by molar-refractivity contribution is -0.141. The van der Waals surface area contributed by atoms with Gasteiger partial charge in [-0.25, -0.2) is 4.39 Å². The lowest BCUT2D eigenvalue weighted by Gasteiger charge is -2.32. The molecule has 0 spiro atoms. The number of furan rings is 1. The van der Waals surface area contributed by atoms with Crippen LogP contribution in [0.15, 0.2) is 77.5 Å². The number of fused-ring (bicyclic) bond motifs is 1. The first-order chi connectivity index (χ1) is 17.1. The molecule has 2 heterocycles. The highest BCUT2D eigenvalue weighted by molar-refractivity contribution is 5.92. The fraction of sp³-hybridized carbons (Fsp3) is 0.286. The van der Waals surface area contributed by atoms with Gasteiger partial charge in [0.25, 0.3) is 0 Å². The highest BCUT2D eigenvalue weighted by Crippen LogP contribution is 2.28. The Balaban J connectivity index is 1.50. The predicted octanol–water partition coefficient (Wildman–Crippen LogP) is 5.27. The van der Waals surface area contributed by atoms with E-state index in [1.807, 2.05) is 30.5 Å². The number of halogens is 1. The molecule has 2 aromatic carbocycles. The van der Waals surface area contributed by atoms with Crippen molar-refractivity contribution in [1.82, 2.24) is 15.2 Å². The van der Waals surface area contributed by atoms with Crippen LogP contribution >= 0.6 is 0 Å². The Bertz CT molecular complexity index is 1290. The lowest BCUT2D eigenvalue weighted by Crippen LogP contribution is -2.46. The summed E-state index contributed by atoms with van der Waals surface area (Å²) in [6, 6.07) is 16.3. The Morgan fingerprint density at radius 3 is 2.57 bits per heavy atom. The summed E-state index contributed by atoms with van der Waals surface area (Å²) < 4.78 is 19.3. The molecule has 7 heteroatoms. The van der Waals surface area contributed by atoms with E-state index in [1.54, 1.807) is 30.5 Å². The van der Waals surface area contributed by atoms with E-state index < -0.39 is 11.9 Å². The van der Waals surface area contributed by atoms with E-state index in [1.165, 1.54) is 17.0 Å². The molecule has 2 amide bonds. The van der Waals surface area contributed by atoms with Gasteiger partial charge in [-0.2, -0.15) is 0 Å². The summed E-state index contributed by atoms with van der Waals surface area (Å²) in [4.78, 5) is 32.2. The topological polar surface area (TPSA) is 78.3 Å². The summed E-state index contributed by atoms with van der Waals surface area (Å²) in [5.74, 6) is -0.311. The number of H-pyrrole nitrogens is 1. The molecule has 2 aromatic heterocycles. The lowest BCUT2D eigenvalue weighted by atomic mass is 10.0. The fourth-order valence-electron chi connectivity index (χ4n) is 4.90. The highest BCUT2D eigenvalue weighted by Gasteiger charge is 2.34. The fourth-order valence-corrected chi connectivity index (χ4v) is 4.90. The van der Waals surface area contributed by atoms with Gasteiger partial charge in [-0.15, -0.1) is 0 Å². The molecule has 0 aliphatic heterocycles. The Morgan fingerprint density at radius 2 is 1.83 bits per heavy atom. The van der Waals surface area contributed by atoms with Crippen LogP contribution in [0.25, 0.3) is 10.9 Å². The number of benzene rings is 2. The van der Waals surface area contributed by atoms with Crippen molar-refractivity contribution >= 4 is 22.7 Å². The number of carbonyl (C=O) groups is 2. The van der Waals surface area contributed by atoms with Crippen molar-refractivity contribution in [2.24, 2.45) is 0 Å². The number of nitrogens with one attached hydrogen (secondary N) is 2. The summed E-state index contributed by atoms with van der Waals surface area (Å²) in [5.41, 5.74) is 2.35. The maximum absolute atomic E-state index is 13.8. The van der Waals surface area contributed by atoms with Crippen LogP contribution in [0, 0.1) is 5.82 Å². The van der Waals surface area contributed by atoms with Gasteiger partial charge in [-0.3, -0.25) is 9.59 Å². The highest BCUT2D eigenvalue weighted by atomic mass is 19.1. The average molecular weight is 474 g/mol. The number of amides is 2. The third-order valence-electron chi connectivity index (χ3n) is 6.69. The van der Waals surface area contributed by atoms with Crippen molar-refractivity contribution in [3.63, 3.8) is 0 Å². The Morgan fingerprint density at radius 1 is 1.06 bits per heavy atom. The van der Waals surface area contributed by atoms with Crippen molar-refractivity contribution in [1.29, 1.82) is 0 Å². The van der Waals surface area contributed by atoms with Gasteiger partial charge in [0.2, 0.25) is 11.8 Å². The number of carbonyl (C=O) groups excluding carboxylic acids is 2. The summed E-state index contributed by atoms with van der Waals surface area (Å²) in [6.45, 7) is 0.119. The van der Waals surface area contributed by atoms with Crippen molar-refractivity contribution in [3.8, 4) is 0 Å². The Hall–Kier alpha value is -3.87. The molecule has 2 N–H and O–H groups in total. The van der Waals surface area contributed by atoms with E-state index in [4.69, 9.17) is 4.42 Å². The van der Waals surface area contributed by atoms with Gasteiger partial charge in [-0.1, -0.05) is 43.2 Å². The minimum absolute atomic E-state index is 0.0830. The molecule has 1 saturated carbocycles. The zero-order chi connectivity index (χ0) is 24.2. The van der Waals surface area contributed by atoms with Crippen LogP contribution in [-0.4, -0.2) is 27.7 Å². The number of hydrogen-bond donors (Lipinski definition) is 2. The van der Waals surface area contributed by atoms with Gasteiger partial charge in [0.05, 0.1) is 19.2 Å². The van der Waals surface area contributed by atoms with Crippen LogP contribution in [0.1, 0.15) is 48.6 Å². The number of nitrogens with zero attached hydrogens (tertiary/aromatic N) is 1. The molecule has 0 bridgehead atoms. The van der Waals surface area contributed by atoms with E-state index >= 15 is 0 Å². The Kier molecular flexibility index (Phi) is 6.66. The summed E-state index contributed by atoms with van der Waals surface area (Å²) in [6.07, 6.45) is 7.47. The molecule has 5 rings (SSSR count). The van der Waals surface area contributed by atoms with Crippen molar-refractivity contribution < 1.29 is 18.4 Å². The molecule has 1 atom stereocenters. The molecule has 1 aliphatic carbocycles. The molecule has 0 saturated heterocycles. The SMILES string of the molecule is O=C(NC1CCCC1)C(c1ccc(F)cc1)N(Cc1ccco1)C(=O)Cc1c[nH]c2ccccc12. The number of para-hydroxylation sites is 1. The molecule has 35 heavy (non-hydrogen) atoms. The van der Waals surface area contributed by atoms with E-state index in [0.29, 0.717) is 11.3 Å². The van der Waals surface area contributed by atoms with E-state index in [9.17, 15) is 14.0 Å². The van der Waals surface area contributed by atoms with Crippen molar-refractivity contribution in [2.45, 2.75) is 50.7 Å². The zero-order valence-corrected chi connectivity index (χ0v) is 19.4. The summed E-state index contributed by atoms with van der Waals surface area (Å²) >= 11 is 0. The van der Waals surface area contributed by atoms with Gasteiger partial charge >= 0.3 is 0 Å². The minimum atomic E-state index is -0.918. The van der Waals surface area contributed by atoms with Gasteiger partial charge in [0.1, 0.15) is 17.6 Å². The second-order valence-corrected chi connectivity index (χ2v) is 9.08. The molecule has 0 radical (unpaired) electrons. The van der Waals surface area contributed by atoms with Crippen LogP contribution in [0.4, 0.5) is 4.39 Å². The number of aromatic amines is 1. The number of aromatic nitrogens is 1. The van der Waals surface area contributed by atoms with Crippen LogP contribution in [0.5, 0.6) is 0 Å². The Labute approximate surface area is 203 Å². The van der Waals surface area contributed by atoms with Crippen LogP contribution in [-0.2, 0) is 22.6 Å². The predicted molar refractivity (Wildman–Crippen MR) is 131 cm³/mol. The average Bonchev–Trinajstić information content (AvgIpc) is 3.63. The second-order valence-electron chi connectivity index (χ2n) is 9.08. The van der Waals surface area contributed by atoms with Crippen LogP contribution < -0.4 is 5.32 Å². The van der Waals surface area contributed by atoms with Gasteiger partial charge in [0, 0.05) is 23.1 Å². The maximum Gasteiger partial charge on any atom is 0.247 e. The first-order valence-corrected chi connectivity index (χ1v) is 12.0. The molecular weight excluding hydrogens is 445 g/mol. The molecular formula is C28H28FN3O3. The largest absolute Gasteiger partial charge is 0.467 e. The van der Waals surface area contributed by atoms with E-state index in [-0.39, 0.29) is 30.8 Å². The van der Waals surface area contributed by atoms with Crippen LogP contribution in [0.3, 0.4) is 0 Å². The minimum Gasteiger partial charge on any atom is -0.467 e. The first kappa shape index (κ1) is 22.9. The van der Waals surface area contributed by atoms with Crippen molar-refractivity contribution in [3.05, 3.63) is 95.8 Å². The first-order valence-electron chi connectivity index (χ1n) is 12.0. The zero-order valence-electron chi connectivity index (χ0n) is 19.4. The molecule has 4 aromatic rings. The smallest absolute Gasteiger partial charge is 0.247 e. The third-order valence-corrected chi connectivity index (χ3v) is 6.69. The maximum atomic E-state index is 13.8. The molecule has 180 valence electrons. The van der Waals surface area contributed by atoms with E-state index in [0.717, 1.165) is 42.1 Å². The molecule has 1 unspecified atom stereocenters. The van der Waals surface area contributed by atoms with E-state index in [2.05, 4.69) is 10.3 Å². The summed E-state index contributed by atoms with van der Waals surface area (Å²) in [7, 11) is 0. The van der Waals surface area contributed by atoms with Gasteiger partial charge in [-0.05, 0) is 54.3 Å².